The lowest BCUT2D eigenvalue weighted by Crippen LogP contribution is -2.52. The van der Waals surface area contributed by atoms with Crippen molar-refractivity contribution in [1.29, 1.82) is 0 Å². The quantitative estimate of drug-likeness (QED) is 0.717. The molecule has 2 aliphatic rings. The van der Waals surface area contributed by atoms with E-state index in [9.17, 15) is 4.79 Å². The van der Waals surface area contributed by atoms with E-state index >= 15 is 0 Å². The second-order valence-corrected chi connectivity index (χ2v) is 6.23. The van der Waals surface area contributed by atoms with E-state index in [1.165, 1.54) is 38.6 Å². The van der Waals surface area contributed by atoms with Crippen LogP contribution in [0.15, 0.2) is 0 Å². The smallest absolute Gasteiger partial charge is 0.136 e. The Kier molecular flexibility index (Phi) is 3.68. The second kappa shape index (κ2) is 4.87. The molecule has 0 aromatic rings. The molecule has 0 aromatic heterocycles. The van der Waals surface area contributed by atoms with Crippen molar-refractivity contribution in [2.75, 3.05) is 13.1 Å². The van der Waals surface area contributed by atoms with Crippen LogP contribution in [0.2, 0.25) is 0 Å². The lowest BCUT2D eigenvalue weighted by atomic mass is 9.84. The van der Waals surface area contributed by atoms with Gasteiger partial charge in [-0.1, -0.05) is 19.3 Å². The first kappa shape index (κ1) is 12.1. The number of likely N-dealkylation sites (tertiary alicyclic amines) is 1. The number of nitrogens with zero attached hydrogens (tertiary/aromatic N) is 1. The topological polar surface area (TPSA) is 20.3 Å². The molecular formula is C14H25NO. The number of hydrogen-bond acceptors (Lipinski definition) is 2. The van der Waals surface area contributed by atoms with Crippen LogP contribution in [-0.2, 0) is 4.79 Å². The molecule has 0 N–H and O–H groups in total. The summed E-state index contributed by atoms with van der Waals surface area (Å²) in [5, 5.41) is 0. The summed E-state index contributed by atoms with van der Waals surface area (Å²) in [6.45, 7) is 6.67. The van der Waals surface area contributed by atoms with E-state index in [0.29, 0.717) is 5.78 Å². The zero-order chi connectivity index (χ0) is 11.6. The Bertz CT molecular complexity index is 253. The molecule has 0 bridgehead atoms. The fourth-order valence-corrected chi connectivity index (χ4v) is 3.26. The number of Topliss-reactive ketones (excluding diaryl/α,β-unsaturated/α-hetero) is 1. The number of carbonyl (C=O) groups excluding carboxylic acids is 1. The molecule has 0 spiro atoms. The van der Waals surface area contributed by atoms with Crippen molar-refractivity contribution >= 4 is 5.78 Å². The molecular weight excluding hydrogens is 198 g/mol. The van der Waals surface area contributed by atoms with Gasteiger partial charge in [-0.15, -0.1) is 0 Å². The van der Waals surface area contributed by atoms with E-state index < -0.39 is 0 Å². The van der Waals surface area contributed by atoms with Crippen molar-refractivity contribution in [1.82, 2.24) is 4.90 Å². The average molecular weight is 223 g/mol. The molecule has 1 aliphatic carbocycles. The van der Waals surface area contributed by atoms with E-state index in [1.807, 2.05) is 0 Å². The monoisotopic (exact) mass is 223 g/mol. The van der Waals surface area contributed by atoms with Gasteiger partial charge in [0.1, 0.15) is 5.78 Å². The molecule has 2 heteroatoms. The van der Waals surface area contributed by atoms with Crippen LogP contribution in [0.25, 0.3) is 0 Å². The fraction of sp³-hybridized carbons (Fsp3) is 0.929. The molecule has 0 unspecified atom stereocenters. The summed E-state index contributed by atoms with van der Waals surface area (Å²) in [5.41, 5.74) is 0.104. The highest BCUT2D eigenvalue weighted by Crippen LogP contribution is 2.30. The van der Waals surface area contributed by atoms with Crippen LogP contribution in [0.5, 0.6) is 0 Å². The molecule has 0 radical (unpaired) electrons. The van der Waals surface area contributed by atoms with E-state index in [-0.39, 0.29) is 5.54 Å². The Morgan fingerprint density at radius 2 is 1.94 bits per heavy atom. The van der Waals surface area contributed by atoms with Gasteiger partial charge >= 0.3 is 0 Å². The molecule has 16 heavy (non-hydrogen) atoms. The van der Waals surface area contributed by atoms with Crippen molar-refractivity contribution in [2.24, 2.45) is 5.92 Å². The molecule has 1 saturated carbocycles. The predicted octanol–water partition coefficient (Wildman–Crippen LogP) is 3.01. The Balaban J connectivity index is 1.90. The van der Waals surface area contributed by atoms with Crippen LogP contribution in [0.3, 0.4) is 0 Å². The third-order valence-electron chi connectivity index (χ3n) is 4.35. The van der Waals surface area contributed by atoms with Crippen molar-refractivity contribution in [2.45, 2.75) is 64.3 Å². The number of carbonyl (C=O) groups is 1. The van der Waals surface area contributed by atoms with Crippen molar-refractivity contribution in [3.8, 4) is 0 Å². The van der Waals surface area contributed by atoms with Crippen molar-refractivity contribution < 1.29 is 4.79 Å². The van der Waals surface area contributed by atoms with E-state index in [1.54, 1.807) is 0 Å². The van der Waals surface area contributed by atoms with Crippen molar-refractivity contribution in [3.63, 3.8) is 0 Å². The Morgan fingerprint density at radius 3 is 2.56 bits per heavy atom. The van der Waals surface area contributed by atoms with Gasteiger partial charge < -0.3 is 0 Å². The summed E-state index contributed by atoms with van der Waals surface area (Å²) in [4.78, 5) is 14.0. The van der Waals surface area contributed by atoms with Gasteiger partial charge in [0.15, 0.2) is 0 Å². The molecule has 1 saturated heterocycles. The van der Waals surface area contributed by atoms with Gasteiger partial charge in [-0.3, -0.25) is 9.69 Å². The van der Waals surface area contributed by atoms with Gasteiger partial charge in [0.25, 0.3) is 0 Å². The first-order valence-corrected chi connectivity index (χ1v) is 6.85. The number of rotatable bonds is 2. The van der Waals surface area contributed by atoms with Crippen LogP contribution in [-0.4, -0.2) is 29.3 Å². The summed E-state index contributed by atoms with van der Waals surface area (Å²) in [6.07, 6.45) is 8.59. The van der Waals surface area contributed by atoms with E-state index in [2.05, 4.69) is 18.7 Å². The van der Waals surface area contributed by atoms with E-state index in [4.69, 9.17) is 0 Å². The predicted molar refractivity (Wildman–Crippen MR) is 66.5 cm³/mol. The zero-order valence-corrected chi connectivity index (χ0v) is 10.8. The van der Waals surface area contributed by atoms with Gasteiger partial charge in [0.05, 0.1) is 0 Å². The third kappa shape index (κ3) is 2.85. The molecule has 2 rings (SSSR count). The maximum absolute atomic E-state index is 11.5. The lowest BCUT2D eigenvalue weighted by Gasteiger charge is -2.44. The van der Waals surface area contributed by atoms with Crippen LogP contribution in [0.4, 0.5) is 0 Å². The van der Waals surface area contributed by atoms with Gasteiger partial charge in [-0.2, -0.15) is 0 Å². The standard InChI is InChI=1S/C14H25NO/c1-14(2)10-13(16)8-9-15(14)11-12-6-4-3-5-7-12/h12H,3-11H2,1-2H3. The van der Waals surface area contributed by atoms with Crippen LogP contribution < -0.4 is 0 Å². The Morgan fingerprint density at radius 1 is 1.25 bits per heavy atom. The zero-order valence-electron chi connectivity index (χ0n) is 10.8. The molecule has 1 aliphatic heterocycles. The minimum atomic E-state index is 0.104. The number of piperidine rings is 1. The normalized spacial score (nSPS) is 28.2. The maximum atomic E-state index is 11.5. The minimum Gasteiger partial charge on any atom is -0.300 e. The molecule has 0 aromatic carbocycles. The number of ketones is 1. The summed E-state index contributed by atoms with van der Waals surface area (Å²) >= 11 is 0. The summed E-state index contributed by atoms with van der Waals surface area (Å²) in [7, 11) is 0. The first-order valence-electron chi connectivity index (χ1n) is 6.85. The molecule has 0 atom stereocenters. The van der Waals surface area contributed by atoms with Gasteiger partial charge in [0, 0.05) is 31.5 Å². The lowest BCUT2D eigenvalue weighted by molar-refractivity contribution is -0.126. The highest BCUT2D eigenvalue weighted by molar-refractivity contribution is 5.80. The van der Waals surface area contributed by atoms with Gasteiger partial charge in [-0.05, 0) is 32.6 Å². The Labute approximate surface area is 99.4 Å². The third-order valence-corrected chi connectivity index (χ3v) is 4.35. The minimum absolute atomic E-state index is 0.104. The van der Waals surface area contributed by atoms with E-state index in [0.717, 1.165) is 25.3 Å². The molecule has 2 nitrogen and oxygen atoms in total. The van der Waals surface area contributed by atoms with Gasteiger partial charge in [-0.25, -0.2) is 0 Å². The average Bonchev–Trinajstić information content (AvgIpc) is 2.23. The maximum Gasteiger partial charge on any atom is 0.136 e. The summed E-state index contributed by atoms with van der Waals surface area (Å²) < 4.78 is 0. The second-order valence-electron chi connectivity index (χ2n) is 6.23. The SMILES string of the molecule is CC1(C)CC(=O)CCN1CC1CCCCC1. The van der Waals surface area contributed by atoms with Crippen LogP contribution >= 0.6 is 0 Å². The largest absolute Gasteiger partial charge is 0.300 e. The molecule has 92 valence electrons. The summed E-state index contributed by atoms with van der Waals surface area (Å²) in [6, 6.07) is 0. The highest BCUT2D eigenvalue weighted by Gasteiger charge is 2.34. The first-order chi connectivity index (χ1) is 7.58. The van der Waals surface area contributed by atoms with Crippen LogP contribution in [0, 0.1) is 5.92 Å². The fourth-order valence-electron chi connectivity index (χ4n) is 3.26. The number of hydrogen-bond donors (Lipinski definition) is 0. The Hall–Kier alpha value is -0.370. The summed E-state index contributed by atoms with van der Waals surface area (Å²) in [5.74, 6) is 1.34. The highest BCUT2D eigenvalue weighted by atomic mass is 16.1. The molecule has 0 amide bonds. The molecule has 1 heterocycles. The van der Waals surface area contributed by atoms with Crippen molar-refractivity contribution in [3.05, 3.63) is 0 Å². The van der Waals surface area contributed by atoms with Gasteiger partial charge in [0.2, 0.25) is 0 Å². The van der Waals surface area contributed by atoms with Crippen LogP contribution in [0.1, 0.15) is 58.8 Å². The molecule has 2 fully saturated rings.